The zero-order valence-corrected chi connectivity index (χ0v) is 23.7. The lowest BCUT2D eigenvalue weighted by atomic mass is 10.1. The fourth-order valence-corrected chi connectivity index (χ4v) is 5.27. The van der Waals surface area contributed by atoms with E-state index >= 15 is 0 Å². The van der Waals surface area contributed by atoms with Crippen LogP contribution < -0.4 is 9.47 Å². The Kier molecular flexibility index (Phi) is 8.72. The summed E-state index contributed by atoms with van der Waals surface area (Å²) < 4.78 is 13.8. The molecule has 208 valence electrons. The van der Waals surface area contributed by atoms with Crippen LogP contribution in [0.3, 0.4) is 0 Å². The van der Waals surface area contributed by atoms with Gasteiger partial charge < -0.3 is 19.1 Å². The van der Waals surface area contributed by atoms with E-state index in [1.807, 2.05) is 36.4 Å². The molecule has 1 N–H and O–H groups in total. The van der Waals surface area contributed by atoms with Gasteiger partial charge in [0, 0.05) is 31.7 Å². The standard InChI is InChI=1S/C32H34ClN3O4/c1-3-4-15-36-27(30(33)34-31(36)26-8-6-5-7-22(26)2)21-35(19-23-9-12-25(13-10-23)32(37)38)20-24-11-14-28-29(18-24)40-17-16-39-28/h5-14,18H,3-4,15-17,19-21H2,1-2H3,(H,37,38). The third-order valence-corrected chi connectivity index (χ3v) is 7.44. The lowest BCUT2D eigenvalue weighted by Crippen LogP contribution is -2.25. The Morgan fingerprint density at radius 3 is 2.40 bits per heavy atom. The number of rotatable bonds is 11. The molecule has 0 atom stereocenters. The number of imidazole rings is 1. The number of aryl methyl sites for hydroxylation is 1. The number of carboxylic acid groups (broad SMARTS) is 1. The van der Waals surface area contributed by atoms with Gasteiger partial charge >= 0.3 is 5.97 Å². The molecule has 3 aromatic carbocycles. The zero-order chi connectivity index (χ0) is 28.1. The normalized spacial score (nSPS) is 12.6. The van der Waals surface area contributed by atoms with Crippen molar-refractivity contribution in [2.45, 2.75) is 52.9 Å². The molecular weight excluding hydrogens is 526 g/mol. The number of nitrogens with zero attached hydrogens (tertiary/aromatic N) is 3. The average Bonchev–Trinajstić information content (AvgIpc) is 3.26. The molecule has 0 aliphatic carbocycles. The largest absolute Gasteiger partial charge is 0.486 e. The van der Waals surface area contributed by atoms with Gasteiger partial charge in [-0.05, 0) is 54.3 Å². The van der Waals surface area contributed by atoms with Crippen LogP contribution >= 0.6 is 11.6 Å². The number of benzene rings is 3. The van der Waals surface area contributed by atoms with Crippen LogP contribution in [-0.4, -0.2) is 38.7 Å². The molecule has 0 saturated carbocycles. The van der Waals surface area contributed by atoms with Crippen molar-refractivity contribution in [1.29, 1.82) is 0 Å². The molecule has 1 aliphatic heterocycles. The SMILES string of the molecule is CCCCn1c(-c2ccccc2C)nc(Cl)c1CN(Cc1ccc(C(=O)O)cc1)Cc1ccc2c(c1)OCCO2. The third kappa shape index (κ3) is 6.32. The Labute approximate surface area is 239 Å². The van der Waals surface area contributed by atoms with Crippen LogP contribution in [0.25, 0.3) is 11.4 Å². The highest BCUT2D eigenvalue weighted by atomic mass is 35.5. The summed E-state index contributed by atoms with van der Waals surface area (Å²) in [7, 11) is 0. The van der Waals surface area contributed by atoms with Crippen molar-refractivity contribution >= 4 is 17.6 Å². The van der Waals surface area contributed by atoms with Gasteiger partial charge in [0.05, 0.1) is 11.3 Å². The highest BCUT2D eigenvalue weighted by Gasteiger charge is 2.22. The van der Waals surface area contributed by atoms with E-state index in [9.17, 15) is 9.90 Å². The number of halogens is 1. The van der Waals surface area contributed by atoms with Crippen LogP contribution in [0.15, 0.2) is 66.7 Å². The van der Waals surface area contributed by atoms with E-state index in [1.165, 1.54) is 0 Å². The van der Waals surface area contributed by atoms with Crippen molar-refractivity contribution in [3.8, 4) is 22.9 Å². The molecule has 4 aromatic rings. The topological polar surface area (TPSA) is 76.8 Å². The molecular formula is C32H34ClN3O4. The number of hydrogen-bond acceptors (Lipinski definition) is 5. The van der Waals surface area contributed by atoms with Crippen molar-refractivity contribution in [3.05, 3.63) is 99.8 Å². The molecule has 0 unspecified atom stereocenters. The summed E-state index contributed by atoms with van der Waals surface area (Å²) in [6.07, 6.45) is 2.07. The van der Waals surface area contributed by atoms with Crippen LogP contribution in [0, 0.1) is 6.92 Å². The van der Waals surface area contributed by atoms with E-state index in [-0.39, 0.29) is 5.56 Å². The van der Waals surface area contributed by atoms with Crippen molar-refractivity contribution in [2.75, 3.05) is 13.2 Å². The Hall–Kier alpha value is -3.81. The molecule has 1 aliphatic rings. The van der Waals surface area contributed by atoms with Crippen molar-refractivity contribution in [3.63, 3.8) is 0 Å². The van der Waals surface area contributed by atoms with Gasteiger partial charge in [0.1, 0.15) is 19.0 Å². The maximum Gasteiger partial charge on any atom is 0.335 e. The summed E-state index contributed by atoms with van der Waals surface area (Å²) >= 11 is 6.87. The van der Waals surface area contributed by atoms with Crippen molar-refractivity contribution < 1.29 is 19.4 Å². The molecule has 5 rings (SSSR count). The van der Waals surface area contributed by atoms with Crippen LogP contribution in [0.5, 0.6) is 11.5 Å². The van der Waals surface area contributed by atoms with E-state index in [1.54, 1.807) is 12.1 Å². The van der Waals surface area contributed by atoms with Gasteiger partial charge in [-0.25, -0.2) is 9.78 Å². The molecule has 2 heterocycles. The van der Waals surface area contributed by atoms with Crippen LogP contribution in [0.2, 0.25) is 5.15 Å². The highest BCUT2D eigenvalue weighted by Crippen LogP contribution is 2.33. The third-order valence-electron chi connectivity index (χ3n) is 7.14. The Morgan fingerprint density at radius 1 is 0.975 bits per heavy atom. The van der Waals surface area contributed by atoms with Gasteiger partial charge in [0.25, 0.3) is 0 Å². The summed E-state index contributed by atoms with van der Waals surface area (Å²) in [5, 5.41) is 9.84. The molecule has 7 nitrogen and oxygen atoms in total. The molecule has 1 aromatic heterocycles. The number of aromatic carboxylic acids is 1. The molecule has 8 heteroatoms. The number of hydrogen-bond donors (Lipinski definition) is 1. The predicted molar refractivity (Wildman–Crippen MR) is 156 cm³/mol. The van der Waals surface area contributed by atoms with E-state index in [2.05, 4.69) is 41.5 Å². The quantitative estimate of drug-likeness (QED) is 0.213. The zero-order valence-electron chi connectivity index (χ0n) is 22.9. The summed E-state index contributed by atoms with van der Waals surface area (Å²) in [6.45, 7) is 7.97. The fraction of sp³-hybridized carbons (Fsp3) is 0.312. The lowest BCUT2D eigenvalue weighted by Gasteiger charge is -2.25. The molecule has 0 bridgehead atoms. The molecule has 0 saturated heterocycles. The first-order chi connectivity index (χ1) is 19.4. The second-order valence-electron chi connectivity index (χ2n) is 10.1. The number of aromatic nitrogens is 2. The Morgan fingerprint density at radius 2 is 1.68 bits per heavy atom. The lowest BCUT2D eigenvalue weighted by molar-refractivity contribution is 0.0697. The van der Waals surface area contributed by atoms with Gasteiger partial charge in [-0.15, -0.1) is 0 Å². The molecule has 0 fully saturated rings. The number of fused-ring (bicyclic) bond motifs is 1. The summed E-state index contributed by atoms with van der Waals surface area (Å²) in [5.74, 6) is 1.46. The Balaban J connectivity index is 1.50. The highest BCUT2D eigenvalue weighted by molar-refractivity contribution is 6.30. The molecule has 0 amide bonds. The number of carboxylic acids is 1. The van der Waals surface area contributed by atoms with Gasteiger partial charge in [-0.2, -0.15) is 0 Å². The first-order valence-electron chi connectivity index (χ1n) is 13.7. The molecule has 0 radical (unpaired) electrons. The molecule has 40 heavy (non-hydrogen) atoms. The smallest absolute Gasteiger partial charge is 0.335 e. The van der Waals surface area contributed by atoms with Gasteiger partial charge in [0.2, 0.25) is 0 Å². The van der Waals surface area contributed by atoms with Crippen LogP contribution in [-0.2, 0) is 26.2 Å². The number of unbranched alkanes of at least 4 members (excludes halogenated alkanes) is 1. The second kappa shape index (κ2) is 12.6. The summed E-state index contributed by atoms with van der Waals surface area (Å²) in [5.41, 5.74) is 5.56. The first-order valence-corrected chi connectivity index (χ1v) is 14.0. The van der Waals surface area contributed by atoms with Crippen LogP contribution in [0.1, 0.15) is 52.5 Å². The minimum atomic E-state index is -0.935. The minimum absolute atomic E-state index is 0.269. The van der Waals surface area contributed by atoms with Gasteiger partial charge in [-0.3, -0.25) is 4.90 Å². The average molecular weight is 560 g/mol. The predicted octanol–water partition coefficient (Wildman–Crippen LogP) is 6.98. The van der Waals surface area contributed by atoms with Gasteiger partial charge in [-0.1, -0.05) is 67.4 Å². The van der Waals surface area contributed by atoms with E-state index in [4.69, 9.17) is 26.1 Å². The monoisotopic (exact) mass is 559 g/mol. The van der Waals surface area contributed by atoms with E-state index in [0.29, 0.717) is 38.0 Å². The second-order valence-corrected chi connectivity index (χ2v) is 10.5. The molecule has 0 spiro atoms. The van der Waals surface area contributed by atoms with E-state index < -0.39 is 5.97 Å². The maximum atomic E-state index is 11.4. The van der Waals surface area contributed by atoms with E-state index in [0.717, 1.165) is 64.7 Å². The van der Waals surface area contributed by atoms with Gasteiger partial charge in [0.15, 0.2) is 16.7 Å². The summed E-state index contributed by atoms with van der Waals surface area (Å²) in [4.78, 5) is 18.5. The summed E-state index contributed by atoms with van der Waals surface area (Å²) in [6, 6.07) is 21.3. The first kappa shape index (κ1) is 27.7. The fourth-order valence-electron chi connectivity index (χ4n) is 5.03. The number of carbonyl (C=O) groups is 1. The minimum Gasteiger partial charge on any atom is -0.486 e. The Bertz CT molecular complexity index is 1480. The van der Waals surface area contributed by atoms with Crippen LogP contribution in [0.4, 0.5) is 0 Å². The number of ether oxygens (including phenoxy) is 2. The van der Waals surface area contributed by atoms with Crippen molar-refractivity contribution in [1.82, 2.24) is 14.5 Å². The van der Waals surface area contributed by atoms with Crippen molar-refractivity contribution in [2.24, 2.45) is 0 Å². The maximum absolute atomic E-state index is 11.4.